The SMILES string of the molecule is CC(C)NC1(C(N)=O)CCCC1CCOC1COC1. The number of ether oxygens (including phenoxy) is 2. The van der Waals surface area contributed by atoms with Gasteiger partial charge in [0.1, 0.15) is 11.6 Å². The Hall–Kier alpha value is -0.650. The molecule has 2 aliphatic rings. The van der Waals surface area contributed by atoms with E-state index >= 15 is 0 Å². The lowest BCUT2D eigenvalue weighted by Crippen LogP contribution is -2.60. The smallest absolute Gasteiger partial charge is 0.238 e. The molecule has 19 heavy (non-hydrogen) atoms. The highest BCUT2D eigenvalue weighted by Gasteiger charge is 2.47. The molecule has 1 aliphatic carbocycles. The van der Waals surface area contributed by atoms with Crippen molar-refractivity contribution in [3.63, 3.8) is 0 Å². The number of nitrogens with two attached hydrogens (primary N) is 1. The first-order valence-electron chi connectivity index (χ1n) is 7.31. The van der Waals surface area contributed by atoms with Crippen molar-refractivity contribution in [1.29, 1.82) is 0 Å². The zero-order valence-electron chi connectivity index (χ0n) is 12.0. The molecule has 1 amide bonds. The molecule has 0 bridgehead atoms. The van der Waals surface area contributed by atoms with Crippen molar-refractivity contribution < 1.29 is 14.3 Å². The lowest BCUT2D eigenvalue weighted by Gasteiger charge is -2.36. The molecule has 0 aromatic rings. The summed E-state index contributed by atoms with van der Waals surface area (Å²) in [6.07, 6.45) is 4.09. The molecule has 2 unspecified atom stereocenters. The molecular weight excluding hydrogens is 244 g/mol. The molecule has 3 N–H and O–H groups in total. The van der Waals surface area contributed by atoms with Crippen LogP contribution < -0.4 is 11.1 Å². The van der Waals surface area contributed by atoms with E-state index in [9.17, 15) is 4.79 Å². The van der Waals surface area contributed by atoms with E-state index in [-0.39, 0.29) is 24.0 Å². The molecular formula is C14H26N2O3. The van der Waals surface area contributed by atoms with Gasteiger partial charge in [0.25, 0.3) is 0 Å². The van der Waals surface area contributed by atoms with Crippen LogP contribution in [0, 0.1) is 5.92 Å². The van der Waals surface area contributed by atoms with Gasteiger partial charge < -0.3 is 20.5 Å². The van der Waals surface area contributed by atoms with Gasteiger partial charge >= 0.3 is 0 Å². The summed E-state index contributed by atoms with van der Waals surface area (Å²) in [5.41, 5.74) is 5.14. The van der Waals surface area contributed by atoms with Gasteiger partial charge in [-0.3, -0.25) is 4.79 Å². The molecule has 0 aromatic carbocycles. The van der Waals surface area contributed by atoms with Crippen LogP contribution in [0.2, 0.25) is 0 Å². The predicted molar refractivity (Wildman–Crippen MR) is 72.7 cm³/mol. The number of rotatable bonds is 7. The molecule has 0 spiro atoms. The molecule has 1 heterocycles. The standard InChI is InChI=1S/C14H26N2O3/c1-10(2)16-14(13(15)17)6-3-4-11(14)5-7-19-12-8-18-9-12/h10-12,16H,3-9H2,1-2H3,(H2,15,17). The molecule has 1 saturated carbocycles. The number of hydrogen-bond acceptors (Lipinski definition) is 4. The summed E-state index contributed by atoms with van der Waals surface area (Å²) in [4.78, 5) is 11.9. The number of nitrogens with one attached hydrogen (secondary N) is 1. The Balaban J connectivity index is 1.89. The second-order valence-electron chi connectivity index (χ2n) is 6.04. The molecule has 2 rings (SSSR count). The number of carbonyl (C=O) groups is 1. The minimum atomic E-state index is -0.534. The van der Waals surface area contributed by atoms with Gasteiger partial charge in [0.05, 0.1) is 13.2 Å². The first-order valence-corrected chi connectivity index (χ1v) is 7.31. The second-order valence-corrected chi connectivity index (χ2v) is 6.04. The maximum absolute atomic E-state index is 11.9. The molecule has 2 atom stereocenters. The number of hydrogen-bond donors (Lipinski definition) is 2. The van der Waals surface area contributed by atoms with Gasteiger partial charge in [-0.1, -0.05) is 6.42 Å². The van der Waals surface area contributed by atoms with Crippen molar-refractivity contribution in [3.05, 3.63) is 0 Å². The van der Waals surface area contributed by atoms with Gasteiger partial charge in [-0.15, -0.1) is 0 Å². The monoisotopic (exact) mass is 270 g/mol. The Morgan fingerprint density at radius 1 is 1.53 bits per heavy atom. The Kier molecular flexibility index (Phi) is 4.81. The largest absolute Gasteiger partial charge is 0.376 e. The van der Waals surface area contributed by atoms with Gasteiger partial charge in [-0.25, -0.2) is 0 Å². The maximum Gasteiger partial charge on any atom is 0.238 e. The van der Waals surface area contributed by atoms with E-state index in [4.69, 9.17) is 15.2 Å². The van der Waals surface area contributed by atoms with Crippen LogP contribution in [0.1, 0.15) is 39.5 Å². The highest BCUT2D eigenvalue weighted by Crippen LogP contribution is 2.38. The third kappa shape index (κ3) is 3.27. The van der Waals surface area contributed by atoms with Crippen molar-refractivity contribution in [3.8, 4) is 0 Å². The van der Waals surface area contributed by atoms with Crippen LogP contribution in [0.4, 0.5) is 0 Å². The second kappa shape index (κ2) is 6.20. The molecule has 1 aliphatic heterocycles. The van der Waals surface area contributed by atoms with Crippen LogP contribution in [0.15, 0.2) is 0 Å². The lowest BCUT2D eigenvalue weighted by molar-refractivity contribution is -0.134. The predicted octanol–water partition coefficient (Wildman–Crippen LogP) is 0.814. The highest BCUT2D eigenvalue weighted by molar-refractivity contribution is 5.85. The molecule has 0 aromatic heterocycles. The van der Waals surface area contributed by atoms with Crippen molar-refractivity contribution in [1.82, 2.24) is 5.32 Å². The van der Waals surface area contributed by atoms with E-state index in [0.717, 1.165) is 25.7 Å². The Morgan fingerprint density at radius 3 is 2.79 bits per heavy atom. The van der Waals surface area contributed by atoms with Gasteiger partial charge in [0, 0.05) is 12.6 Å². The fourth-order valence-corrected chi connectivity index (χ4v) is 3.26. The molecule has 1 saturated heterocycles. The van der Waals surface area contributed by atoms with Gasteiger partial charge in [0.15, 0.2) is 0 Å². The summed E-state index contributed by atoms with van der Waals surface area (Å²) >= 11 is 0. The van der Waals surface area contributed by atoms with E-state index in [1.165, 1.54) is 0 Å². The number of primary amides is 1. The summed E-state index contributed by atoms with van der Waals surface area (Å²) < 4.78 is 10.8. The van der Waals surface area contributed by atoms with Gasteiger partial charge in [-0.05, 0) is 39.0 Å². The molecule has 2 fully saturated rings. The third-order valence-electron chi connectivity index (χ3n) is 4.23. The molecule has 0 radical (unpaired) electrons. The van der Waals surface area contributed by atoms with Crippen LogP contribution >= 0.6 is 0 Å². The van der Waals surface area contributed by atoms with E-state index in [1.54, 1.807) is 0 Å². The lowest BCUT2D eigenvalue weighted by atomic mass is 9.83. The highest BCUT2D eigenvalue weighted by atomic mass is 16.6. The van der Waals surface area contributed by atoms with E-state index in [1.807, 2.05) is 0 Å². The fourth-order valence-electron chi connectivity index (χ4n) is 3.26. The first kappa shape index (κ1) is 14.8. The Morgan fingerprint density at radius 2 is 2.26 bits per heavy atom. The molecule has 5 nitrogen and oxygen atoms in total. The van der Waals surface area contributed by atoms with E-state index < -0.39 is 5.54 Å². The average Bonchev–Trinajstić information content (AvgIpc) is 2.65. The van der Waals surface area contributed by atoms with Crippen molar-refractivity contribution in [2.45, 2.75) is 57.2 Å². The van der Waals surface area contributed by atoms with Crippen molar-refractivity contribution >= 4 is 5.91 Å². The normalized spacial score (nSPS) is 31.6. The molecule has 110 valence electrons. The number of carbonyl (C=O) groups excluding carboxylic acids is 1. The van der Waals surface area contributed by atoms with Crippen LogP contribution in [0.3, 0.4) is 0 Å². The summed E-state index contributed by atoms with van der Waals surface area (Å²) in [5, 5.41) is 3.42. The van der Waals surface area contributed by atoms with Crippen molar-refractivity contribution in [2.75, 3.05) is 19.8 Å². The quantitative estimate of drug-likeness (QED) is 0.718. The Labute approximate surface area is 115 Å². The maximum atomic E-state index is 11.9. The van der Waals surface area contributed by atoms with E-state index in [2.05, 4.69) is 19.2 Å². The van der Waals surface area contributed by atoms with Crippen LogP contribution in [-0.2, 0) is 14.3 Å². The van der Waals surface area contributed by atoms with Crippen LogP contribution in [0.25, 0.3) is 0 Å². The topological polar surface area (TPSA) is 73.6 Å². The van der Waals surface area contributed by atoms with E-state index in [0.29, 0.717) is 19.8 Å². The van der Waals surface area contributed by atoms with Crippen LogP contribution in [0.5, 0.6) is 0 Å². The minimum Gasteiger partial charge on any atom is -0.376 e. The minimum absolute atomic E-state index is 0.212. The summed E-state index contributed by atoms with van der Waals surface area (Å²) in [6.45, 7) is 6.21. The first-order chi connectivity index (χ1) is 9.04. The zero-order chi connectivity index (χ0) is 13.9. The van der Waals surface area contributed by atoms with Crippen LogP contribution in [-0.4, -0.2) is 43.4 Å². The summed E-state index contributed by atoms with van der Waals surface area (Å²) in [6, 6.07) is 0.258. The number of amides is 1. The third-order valence-corrected chi connectivity index (χ3v) is 4.23. The zero-order valence-corrected chi connectivity index (χ0v) is 12.0. The fraction of sp³-hybridized carbons (Fsp3) is 0.929. The summed E-state index contributed by atoms with van der Waals surface area (Å²) in [5.74, 6) is 0.0732. The Bertz CT molecular complexity index is 318. The van der Waals surface area contributed by atoms with Gasteiger partial charge in [-0.2, -0.15) is 0 Å². The average molecular weight is 270 g/mol. The molecule has 5 heteroatoms. The van der Waals surface area contributed by atoms with Crippen molar-refractivity contribution in [2.24, 2.45) is 11.7 Å². The summed E-state index contributed by atoms with van der Waals surface area (Å²) in [7, 11) is 0. The van der Waals surface area contributed by atoms with Gasteiger partial charge in [0.2, 0.25) is 5.91 Å².